The molecule has 0 aliphatic carbocycles. The summed E-state index contributed by atoms with van der Waals surface area (Å²) in [6.45, 7) is 4.54. The highest BCUT2D eigenvalue weighted by Gasteiger charge is 2.44. The van der Waals surface area contributed by atoms with Crippen molar-refractivity contribution in [2.75, 3.05) is 6.61 Å². The molecule has 0 bridgehead atoms. The van der Waals surface area contributed by atoms with E-state index in [0.717, 1.165) is 0 Å². The van der Waals surface area contributed by atoms with Crippen LogP contribution in [0.2, 0.25) is 0 Å². The van der Waals surface area contributed by atoms with E-state index in [9.17, 15) is 19.2 Å². The van der Waals surface area contributed by atoms with Crippen molar-refractivity contribution >= 4 is 23.9 Å². The first-order chi connectivity index (χ1) is 10.7. The van der Waals surface area contributed by atoms with Gasteiger partial charge in [0.15, 0.2) is 6.10 Å². The second-order valence-corrected chi connectivity index (χ2v) is 4.97. The van der Waals surface area contributed by atoms with Gasteiger partial charge in [0.05, 0.1) is 6.42 Å². The first-order valence-corrected chi connectivity index (χ1v) is 6.99. The zero-order valence-corrected chi connectivity index (χ0v) is 13.4. The average Bonchev–Trinajstić information content (AvgIpc) is 2.37. The van der Waals surface area contributed by atoms with Crippen molar-refractivity contribution in [2.24, 2.45) is 0 Å². The van der Waals surface area contributed by atoms with Crippen LogP contribution in [0.5, 0.6) is 0 Å². The highest BCUT2D eigenvalue weighted by molar-refractivity contribution is 5.68. The van der Waals surface area contributed by atoms with E-state index in [4.69, 9.17) is 23.7 Å². The van der Waals surface area contributed by atoms with E-state index in [-0.39, 0.29) is 13.0 Å². The van der Waals surface area contributed by atoms with Crippen molar-refractivity contribution in [1.29, 1.82) is 0 Å². The highest BCUT2D eigenvalue weighted by Crippen LogP contribution is 2.27. The first kappa shape index (κ1) is 18.9. The molecule has 1 fully saturated rings. The van der Waals surface area contributed by atoms with Crippen molar-refractivity contribution in [2.45, 2.75) is 58.7 Å². The van der Waals surface area contributed by atoms with Crippen molar-refractivity contribution in [3.05, 3.63) is 0 Å². The number of carbonyl (C=O) groups excluding carboxylic acids is 4. The maximum Gasteiger partial charge on any atom is 0.304 e. The van der Waals surface area contributed by atoms with Gasteiger partial charge in [0.2, 0.25) is 6.29 Å². The van der Waals surface area contributed by atoms with E-state index in [1.165, 1.54) is 27.7 Å². The molecule has 9 heteroatoms. The summed E-state index contributed by atoms with van der Waals surface area (Å²) in [7, 11) is 0. The van der Waals surface area contributed by atoms with Crippen LogP contribution >= 0.6 is 0 Å². The minimum atomic E-state index is -1.01. The second-order valence-electron chi connectivity index (χ2n) is 4.97. The molecule has 1 aliphatic heterocycles. The van der Waals surface area contributed by atoms with Crippen LogP contribution < -0.4 is 0 Å². The van der Waals surface area contributed by atoms with Gasteiger partial charge in [-0.25, -0.2) is 0 Å². The predicted molar refractivity (Wildman–Crippen MR) is 72.8 cm³/mol. The van der Waals surface area contributed by atoms with Crippen molar-refractivity contribution in [3.8, 4) is 0 Å². The van der Waals surface area contributed by atoms with Gasteiger partial charge in [0, 0.05) is 27.7 Å². The fraction of sp³-hybridized carbons (Fsp3) is 0.714. The van der Waals surface area contributed by atoms with E-state index >= 15 is 0 Å². The fourth-order valence-corrected chi connectivity index (χ4v) is 2.16. The largest absolute Gasteiger partial charge is 0.463 e. The van der Waals surface area contributed by atoms with Gasteiger partial charge < -0.3 is 23.7 Å². The van der Waals surface area contributed by atoms with Crippen molar-refractivity contribution in [3.63, 3.8) is 0 Å². The lowest BCUT2D eigenvalue weighted by Gasteiger charge is -2.39. The maximum absolute atomic E-state index is 11.3. The summed E-state index contributed by atoms with van der Waals surface area (Å²) >= 11 is 0. The Hall–Kier alpha value is -2.16. The third-order valence-corrected chi connectivity index (χ3v) is 2.85. The van der Waals surface area contributed by atoms with Gasteiger partial charge in [0.1, 0.15) is 18.8 Å². The molecular formula is C14H20O9. The molecule has 130 valence electrons. The van der Waals surface area contributed by atoms with Crippen LogP contribution in [0.15, 0.2) is 0 Å². The molecule has 9 nitrogen and oxygen atoms in total. The van der Waals surface area contributed by atoms with Gasteiger partial charge in [-0.3, -0.25) is 19.2 Å². The van der Waals surface area contributed by atoms with Gasteiger partial charge in [-0.2, -0.15) is 0 Å². The lowest BCUT2D eigenvalue weighted by Crippen LogP contribution is -2.54. The molecule has 0 N–H and O–H groups in total. The topological polar surface area (TPSA) is 114 Å². The Morgan fingerprint density at radius 1 is 0.870 bits per heavy atom. The molecular weight excluding hydrogens is 312 g/mol. The summed E-state index contributed by atoms with van der Waals surface area (Å²) in [5.41, 5.74) is 0. The Kier molecular flexibility index (Phi) is 6.95. The number of ether oxygens (including phenoxy) is 5. The van der Waals surface area contributed by atoms with Crippen LogP contribution in [0.3, 0.4) is 0 Å². The van der Waals surface area contributed by atoms with E-state index in [1.54, 1.807) is 0 Å². The van der Waals surface area contributed by atoms with Gasteiger partial charge >= 0.3 is 23.9 Å². The molecule has 0 amide bonds. The maximum atomic E-state index is 11.3. The van der Waals surface area contributed by atoms with Crippen LogP contribution in [0, 0.1) is 0 Å². The summed E-state index contributed by atoms with van der Waals surface area (Å²) < 4.78 is 25.6. The van der Waals surface area contributed by atoms with Crippen LogP contribution in [0.1, 0.15) is 34.1 Å². The number of carbonyl (C=O) groups is 4. The van der Waals surface area contributed by atoms with Crippen LogP contribution in [0.25, 0.3) is 0 Å². The molecule has 0 aromatic heterocycles. The minimum absolute atomic E-state index is 0.00627. The Labute approximate surface area is 133 Å². The van der Waals surface area contributed by atoms with Crippen molar-refractivity contribution < 1.29 is 42.9 Å². The molecule has 0 radical (unpaired) electrons. The predicted octanol–water partition coefficient (Wildman–Crippen LogP) is 0.0910. The van der Waals surface area contributed by atoms with Crippen LogP contribution in [-0.2, 0) is 42.9 Å². The van der Waals surface area contributed by atoms with E-state index in [0.29, 0.717) is 0 Å². The summed E-state index contributed by atoms with van der Waals surface area (Å²) in [4.78, 5) is 44.6. The lowest BCUT2D eigenvalue weighted by molar-refractivity contribution is -0.260. The molecule has 0 aromatic rings. The smallest absolute Gasteiger partial charge is 0.304 e. The van der Waals surface area contributed by atoms with Gasteiger partial charge in [-0.1, -0.05) is 0 Å². The first-order valence-electron chi connectivity index (χ1n) is 6.99. The minimum Gasteiger partial charge on any atom is -0.463 e. The zero-order chi connectivity index (χ0) is 17.6. The number of rotatable bonds is 5. The summed E-state index contributed by atoms with van der Waals surface area (Å²) in [5.74, 6) is -2.36. The molecule has 4 atom stereocenters. The third-order valence-electron chi connectivity index (χ3n) is 2.85. The molecule has 0 unspecified atom stereocenters. The monoisotopic (exact) mass is 332 g/mol. The highest BCUT2D eigenvalue weighted by atomic mass is 16.7. The second kappa shape index (κ2) is 8.47. The van der Waals surface area contributed by atoms with Gasteiger partial charge in [0.25, 0.3) is 0 Å². The zero-order valence-electron chi connectivity index (χ0n) is 13.4. The van der Waals surface area contributed by atoms with Crippen LogP contribution in [-0.4, -0.2) is 55.1 Å². The number of hydrogen-bond acceptors (Lipinski definition) is 9. The molecule has 0 aromatic carbocycles. The molecule has 1 heterocycles. The third kappa shape index (κ3) is 6.64. The van der Waals surface area contributed by atoms with Crippen molar-refractivity contribution in [1.82, 2.24) is 0 Å². The Morgan fingerprint density at radius 2 is 1.43 bits per heavy atom. The van der Waals surface area contributed by atoms with E-state index in [1.807, 2.05) is 0 Å². The molecule has 23 heavy (non-hydrogen) atoms. The molecule has 0 spiro atoms. The van der Waals surface area contributed by atoms with Gasteiger partial charge in [-0.15, -0.1) is 0 Å². The molecule has 1 aliphatic rings. The van der Waals surface area contributed by atoms with Crippen LogP contribution in [0.4, 0.5) is 0 Å². The SMILES string of the molecule is CC(=O)OC[C@@H]1O[C@@H](OC(C)=O)C[C@@H](OC(C)=O)[C@@H]1OC(C)=O. The van der Waals surface area contributed by atoms with E-state index < -0.39 is 48.5 Å². The molecule has 0 saturated carbocycles. The number of hydrogen-bond donors (Lipinski definition) is 0. The Morgan fingerprint density at radius 3 is 1.91 bits per heavy atom. The van der Waals surface area contributed by atoms with E-state index in [2.05, 4.69) is 0 Å². The van der Waals surface area contributed by atoms with Gasteiger partial charge in [-0.05, 0) is 0 Å². The summed E-state index contributed by atoms with van der Waals surface area (Å²) in [6, 6.07) is 0. The normalized spacial score (nSPS) is 26.8. The number of esters is 4. The average molecular weight is 332 g/mol. The fourth-order valence-electron chi connectivity index (χ4n) is 2.16. The molecule has 1 rings (SSSR count). The standard InChI is InChI=1S/C14H20O9/c1-7(15)19-6-12-14(22-10(4)18)11(20-8(2)16)5-13(23-12)21-9(3)17/h11-14H,5-6H2,1-4H3/t11-,12+,13-,14+/m1/s1. The summed E-state index contributed by atoms with van der Waals surface area (Å²) in [5, 5.41) is 0. The Bertz CT molecular complexity index is 473. The Balaban J connectivity index is 2.94. The lowest BCUT2D eigenvalue weighted by atomic mass is 10.0. The molecule has 1 saturated heterocycles. The quantitative estimate of drug-likeness (QED) is 0.510. The summed E-state index contributed by atoms with van der Waals surface area (Å²) in [6.07, 6.45) is -3.83.